The number of aryl methyl sites for hydroxylation is 1. The molecule has 1 heterocycles. The molecule has 0 bridgehead atoms. The monoisotopic (exact) mass is 419 g/mol. The number of hydrogen-bond acceptors (Lipinski definition) is 5. The fourth-order valence-electron chi connectivity index (χ4n) is 2.70. The van der Waals surface area contributed by atoms with Crippen LogP contribution in [0.1, 0.15) is 45.5 Å². The zero-order valence-electron chi connectivity index (χ0n) is 17.6. The molecule has 1 aromatic heterocycles. The number of anilines is 1. The summed E-state index contributed by atoms with van der Waals surface area (Å²) >= 11 is 5.22. The van der Waals surface area contributed by atoms with Crippen molar-refractivity contribution in [3.05, 3.63) is 40.4 Å². The number of aromatic amines is 1. The lowest BCUT2D eigenvalue weighted by Crippen LogP contribution is -2.33. The minimum absolute atomic E-state index is 0.0900. The van der Waals surface area contributed by atoms with E-state index in [0.29, 0.717) is 17.0 Å². The van der Waals surface area contributed by atoms with Crippen molar-refractivity contribution in [2.45, 2.75) is 59.2 Å². The molecular weight excluding hydrogens is 390 g/mol. The second-order valence-corrected chi connectivity index (χ2v) is 8.25. The number of hydrogen-bond donors (Lipinski definition) is 2. The van der Waals surface area contributed by atoms with Crippen molar-refractivity contribution in [3.63, 3.8) is 0 Å². The van der Waals surface area contributed by atoms with Crippen LogP contribution in [0, 0.1) is 4.77 Å². The van der Waals surface area contributed by atoms with Gasteiger partial charge >= 0.3 is 6.09 Å². The van der Waals surface area contributed by atoms with Crippen LogP contribution in [0.2, 0.25) is 0 Å². The Labute approximate surface area is 176 Å². The number of amides is 2. The van der Waals surface area contributed by atoms with Crippen molar-refractivity contribution in [3.8, 4) is 0 Å². The van der Waals surface area contributed by atoms with E-state index in [1.807, 2.05) is 45.9 Å². The van der Waals surface area contributed by atoms with E-state index in [1.54, 1.807) is 17.7 Å². The molecule has 0 saturated heterocycles. The largest absolute Gasteiger partial charge is 0.444 e. The first kappa shape index (κ1) is 22.6. The van der Waals surface area contributed by atoms with Crippen LogP contribution in [-0.4, -0.2) is 44.3 Å². The molecule has 1 aromatic carbocycles. The first-order valence-corrected chi connectivity index (χ1v) is 9.97. The predicted octanol–water partition coefficient (Wildman–Crippen LogP) is 3.90. The number of ether oxygens (including phenoxy) is 1. The van der Waals surface area contributed by atoms with Gasteiger partial charge in [0.1, 0.15) is 18.0 Å². The highest BCUT2D eigenvalue weighted by Crippen LogP contribution is 2.15. The van der Waals surface area contributed by atoms with Gasteiger partial charge in [-0.2, -0.15) is 5.10 Å². The van der Waals surface area contributed by atoms with Gasteiger partial charge in [0, 0.05) is 25.7 Å². The van der Waals surface area contributed by atoms with Crippen molar-refractivity contribution < 1.29 is 14.3 Å². The molecule has 2 amide bonds. The Bertz CT molecular complexity index is 913. The highest BCUT2D eigenvalue weighted by atomic mass is 32.1. The number of aromatic nitrogens is 3. The van der Waals surface area contributed by atoms with E-state index in [2.05, 4.69) is 15.5 Å². The Balaban J connectivity index is 2.01. The molecule has 0 spiro atoms. The van der Waals surface area contributed by atoms with Crippen LogP contribution in [0.25, 0.3) is 0 Å². The number of nitrogens with one attached hydrogen (secondary N) is 2. The maximum Gasteiger partial charge on any atom is 0.410 e. The van der Waals surface area contributed by atoms with Gasteiger partial charge in [0.2, 0.25) is 5.91 Å². The summed E-state index contributed by atoms with van der Waals surface area (Å²) in [4.78, 5) is 26.1. The van der Waals surface area contributed by atoms with Crippen LogP contribution < -0.4 is 5.32 Å². The van der Waals surface area contributed by atoms with Gasteiger partial charge in [-0.3, -0.25) is 14.5 Å². The van der Waals surface area contributed by atoms with Crippen LogP contribution in [-0.2, 0) is 29.0 Å². The number of H-pyrrole nitrogens is 1. The summed E-state index contributed by atoms with van der Waals surface area (Å²) in [6.07, 6.45) is 1.26. The van der Waals surface area contributed by atoms with E-state index in [0.717, 1.165) is 24.2 Å². The van der Waals surface area contributed by atoms with Gasteiger partial charge in [0.15, 0.2) is 4.77 Å². The summed E-state index contributed by atoms with van der Waals surface area (Å²) in [7, 11) is 1.68. The quantitative estimate of drug-likeness (QED) is 0.664. The molecule has 0 aliphatic heterocycles. The van der Waals surface area contributed by atoms with Crippen LogP contribution in [0.4, 0.5) is 10.5 Å². The van der Waals surface area contributed by atoms with E-state index >= 15 is 0 Å². The summed E-state index contributed by atoms with van der Waals surface area (Å²) in [5, 5.41) is 9.78. The van der Waals surface area contributed by atoms with Crippen LogP contribution in [0.15, 0.2) is 24.3 Å². The fraction of sp³-hybridized carbons (Fsp3) is 0.500. The maximum atomic E-state index is 12.5. The van der Waals surface area contributed by atoms with Crippen molar-refractivity contribution in [2.24, 2.45) is 0 Å². The first-order valence-electron chi connectivity index (χ1n) is 9.56. The van der Waals surface area contributed by atoms with Gasteiger partial charge in [-0.1, -0.05) is 19.1 Å². The Morgan fingerprint density at radius 2 is 2.07 bits per heavy atom. The normalized spacial score (nSPS) is 11.2. The van der Waals surface area contributed by atoms with Crippen molar-refractivity contribution in [1.29, 1.82) is 0 Å². The zero-order chi connectivity index (χ0) is 21.6. The Morgan fingerprint density at radius 1 is 1.34 bits per heavy atom. The highest BCUT2D eigenvalue weighted by Gasteiger charge is 2.19. The summed E-state index contributed by atoms with van der Waals surface area (Å²) in [5.41, 5.74) is 0.978. The van der Waals surface area contributed by atoms with Gasteiger partial charge in [-0.15, -0.1) is 0 Å². The maximum absolute atomic E-state index is 12.5. The minimum Gasteiger partial charge on any atom is -0.444 e. The summed E-state index contributed by atoms with van der Waals surface area (Å²) in [5.74, 6) is 0.567. The molecule has 0 radical (unpaired) electrons. The minimum atomic E-state index is -0.549. The Kier molecular flexibility index (Phi) is 7.55. The van der Waals surface area contributed by atoms with Gasteiger partial charge in [0.05, 0.1) is 0 Å². The molecule has 0 aliphatic rings. The summed E-state index contributed by atoms with van der Waals surface area (Å²) in [6, 6.07) is 7.36. The number of benzene rings is 1. The van der Waals surface area contributed by atoms with Crippen LogP contribution in [0.5, 0.6) is 0 Å². The molecule has 0 fully saturated rings. The predicted molar refractivity (Wildman–Crippen MR) is 114 cm³/mol. The molecule has 8 nitrogen and oxygen atoms in total. The fourth-order valence-corrected chi connectivity index (χ4v) is 2.91. The second-order valence-electron chi connectivity index (χ2n) is 7.87. The highest BCUT2D eigenvalue weighted by molar-refractivity contribution is 7.71. The third kappa shape index (κ3) is 7.01. The van der Waals surface area contributed by atoms with Gasteiger partial charge in [0.25, 0.3) is 0 Å². The number of rotatable bonds is 7. The lowest BCUT2D eigenvalue weighted by molar-refractivity contribution is -0.116. The first-order chi connectivity index (χ1) is 13.6. The smallest absolute Gasteiger partial charge is 0.410 e. The SMILES string of the molecule is CCCc1n[nH]c(=S)n1CC(=O)Nc1cccc(CN(C)C(=O)OC(C)(C)C)c1. The Hall–Kier alpha value is -2.68. The topological polar surface area (TPSA) is 92.3 Å². The molecule has 158 valence electrons. The molecule has 0 atom stereocenters. The van der Waals surface area contributed by atoms with Crippen molar-refractivity contribution in [1.82, 2.24) is 19.7 Å². The third-order valence-electron chi connectivity index (χ3n) is 3.95. The molecule has 29 heavy (non-hydrogen) atoms. The molecule has 0 unspecified atom stereocenters. The number of nitrogens with zero attached hydrogens (tertiary/aromatic N) is 3. The van der Waals surface area contributed by atoms with Crippen molar-refractivity contribution >= 4 is 29.9 Å². The molecule has 2 aromatic rings. The number of carbonyl (C=O) groups is 2. The van der Waals surface area contributed by atoms with Crippen LogP contribution in [0.3, 0.4) is 0 Å². The summed E-state index contributed by atoms with van der Waals surface area (Å²) in [6.45, 7) is 7.98. The van der Waals surface area contributed by atoms with E-state index in [9.17, 15) is 9.59 Å². The molecule has 0 aliphatic carbocycles. The molecule has 2 rings (SSSR count). The van der Waals surface area contributed by atoms with Gasteiger partial charge < -0.3 is 15.0 Å². The van der Waals surface area contributed by atoms with E-state index < -0.39 is 11.7 Å². The Morgan fingerprint density at radius 3 is 2.72 bits per heavy atom. The second kappa shape index (κ2) is 9.69. The molecular formula is C20H29N5O3S. The third-order valence-corrected chi connectivity index (χ3v) is 4.26. The van der Waals surface area contributed by atoms with E-state index in [1.165, 1.54) is 4.90 Å². The average molecular weight is 420 g/mol. The number of carbonyl (C=O) groups excluding carboxylic acids is 2. The van der Waals surface area contributed by atoms with E-state index in [4.69, 9.17) is 17.0 Å². The van der Waals surface area contributed by atoms with Gasteiger partial charge in [-0.05, 0) is 57.1 Å². The molecule has 2 N–H and O–H groups in total. The van der Waals surface area contributed by atoms with Gasteiger partial charge in [-0.25, -0.2) is 4.79 Å². The van der Waals surface area contributed by atoms with Crippen LogP contribution >= 0.6 is 12.2 Å². The summed E-state index contributed by atoms with van der Waals surface area (Å²) < 4.78 is 7.49. The average Bonchev–Trinajstić information content (AvgIpc) is 2.94. The lowest BCUT2D eigenvalue weighted by Gasteiger charge is -2.24. The van der Waals surface area contributed by atoms with E-state index in [-0.39, 0.29) is 12.5 Å². The van der Waals surface area contributed by atoms with Crippen molar-refractivity contribution in [2.75, 3.05) is 12.4 Å². The standard InChI is InChI=1S/C20H29N5O3S/c1-6-8-16-22-23-18(29)25(16)13-17(26)21-15-10-7-9-14(11-15)12-24(5)19(27)28-20(2,3)4/h7,9-11H,6,8,12-13H2,1-5H3,(H,21,26)(H,23,29). The molecule has 9 heteroatoms. The zero-order valence-corrected chi connectivity index (χ0v) is 18.4. The lowest BCUT2D eigenvalue weighted by atomic mass is 10.2. The molecule has 0 saturated carbocycles.